The number of aromatic amines is 1. The third-order valence-electron chi connectivity index (χ3n) is 3.33. The standard InChI is InChI=1S/C15H9N3O2/c19-15-10-4-1-2-7-13(10)20-8-11(15)9-5-3-6-12-14(9)17-18-16-12/h1-8H,(H,16,17,18). The van der Waals surface area contributed by atoms with Gasteiger partial charge in [0.15, 0.2) is 0 Å². The van der Waals surface area contributed by atoms with Crippen molar-refractivity contribution in [3.05, 3.63) is 59.0 Å². The Morgan fingerprint density at radius 2 is 1.90 bits per heavy atom. The number of nitrogens with one attached hydrogen (secondary N) is 1. The van der Waals surface area contributed by atoms with Crippen LogP contribution in [0.2, 0.25) is 0 Å². The summed E-state index contributed by atoms with van der Waals surface area (Å²) in [7, 11) is 0. The number of nitrogens with zero attached hydrogens (tertiary/aromatic N) is 2. The first-order valence-electron chi connectivity index (χ1n) is 6.15. The average Bonchev–Trinajstić information content (AvgIpc) is 2.97. The van der Waals surface area contributed by atoms with Gasteiger partial charge in [0.25, 0.3) is 0 Å². The summed E-state index contributed by atoms with van der Waals surface area (Å²) in [6.07, 6.45) is 1.48. The summed E-state index contributed by atoms with van der Waals surface area (Å²) in [4.78, 5) is 12.6. The summed E-state index contributed by atoms with van der Waals surface area (Å²) in [6.45, 7) is 0. The first kappa shape index (κ1) is 10.9. The van der Waals surface area contributed by atoms with Crippen molar-refractivity contribution in [2.75, 3.05) is 0 Å². The summed E-state index contributed by atoms with van der Waals surface area (Å²) in [6, 6.07) is 12.7. The van der Waals surface area contributed by atoms with Crippen LogP contribution in [-0.4, -0.2) is 15.4 Å². The van der Waals surface area contributed by atoms with Gasteiger partial charge in [-0.3, -0.25) is 9.89 Å². The van der Waals surface area contributed by atoms with E-state index in [0.717, 1.165) is 11.1 Å². The van der Waals surface area contributed by atoms with Crippen LogP contribution in [0.3, 0.4) is 0 Å². The molecule has 0 spiro atoms. The SMILES string of the molecule is O=c1c(-c2cccc3[nH]nnc23)coc2ccccc12. The van der Waals surface area contributed by atoms with Crippen LogP contribution in [0.1, 0.15) is 0 Å². The van der Waals surface area contributed by atoms with E-state index in [1.807, 2.05) is 30.3 Å². The molecular formula is C15H9N3O2. The van der Waals surface area contributed by atoms with Gasteiger partial charge in [0.05, 0.1) is 16.5 Å². The molecule has 0 atom stereocenters. The zero-order valence-corrected chi connectivity index (χ0v) is 10.3. The lowest BCUT2D eigenvalue weighted by molar-refractivity contribution is 0.604. The largest absolute Gasteiger partial charge is 0.463 e. The molecule has 1 N–H and O–H groups in total. The van der Waals surface area contributed by atoms with E-state index < -0.39 is 0 Å². The molecule has 2 aromatic carbocycles. The number of H-pyrrole nitrogens is 1. The minimum atomic E-state index is -0.0673. The molecule has 0 bridgehead atoms. The molecule has 0 amide bonds. The predicted octanol–water partition coefficient (Wildman–Crippen LogP) is 2.73. The number of benzene rings is 2. The van der Waals surface area contributed by atoms with Gasteiger partial charge in [-0.2, -0.15) is 0 Å². The summed E-state index contributed by atoms with van der Waals surface area (Å²) in [5.41, 5.74) is 3.17. The van der Waals surface area contributed by atoms with Crippen LogP contribution in [0, 0.1) is 0 Å². The molecule has 0 aliphatic rings. The van der Waals surface area contributed by atoms with Crippen molar-refractivity contribution in [3.8, 4) is 11.1 Å². The molecule has 0 unspecified atom stereocenters. The Balaban J connectivity index is 2.10. The normalized spacial score (nSPS) is 11.2. The molecule has 0 radical (unpaired) electrons. The topological polar surface area (TPSA) is 71.8 Å². The number of hydrogen-bond donors (Lipinski definition) is 1. The zero-order chi connectivity index (χ0) is 13.5. The van der Waals surface area contributed by atoms with Crippen LogP contribution >= 0.6 is 0 Å². The highest BCUT2D eigenvalue weighted by Crippen LogP contribution is 2.25. The summed E-state index contributed by atoms with van der Waals surface area (Å²) < 4.78 is 5.55. The Morgan fingerprint density at radius 3 is 2.85 bits per heavy atom. The van der Waals surface area contributed by atoms with Gasteiger partial charge >= 0.3 is 0 Å². The Labute approximate surface area is 112 Å². The molecule has 0 aliphatic carbocycles. The fourth-order valence-corrected chi connectivity index (χ4v) is 2.35. The van der Waals surface area contributed by atoms with Crippen molar-refractivity contribution >= 4 is 22.0 Å². The highest BCUT2D eigenvalue weighted by Gasteiger charge is 2.13. The van der Waals surface area contributed by atoms with E-state index in [9.17, 15) is 4.79 Å². The maximum absolute atomic E-state index is 12.6. The molecule has 5 heteroatoms. The van der Waals surface area contributed by atoms with Gasteiger partial charge in [0, 0.05) is 5.56 Å². The smallest absolute Gasteiger partial charge is 0.200 e. The van der Waals surface area contributed by atoms with E-state index in [1.165, 1.54) is 6.26 Å². The average molecular weight is 263 g/mol. The van der Waals surface area contributed by atoms with Crippen LogP contribution in [0.25, 0.3) is 33.1 Å². The molecular weight excluding hydrogens is 254 g/mol. The first-order valence-corrected chi connectivity index (χ1v) is 6.15. The van der Waals surface area contributed by atoms with Crippen molar-refractivity contribution in [2.24, 2.45) is 0 Å². The quantitative estimate of drug-likeness (QED) is 0.573. The lowest BCUT2D eigenvalue weighted by Gasteiger charge is -2.02. The lowest BCUT2D eigenvalue weighted by Crippen LogP contribution is -2.04. The van der Waals surface area contributed by atoms with Crippen molar-refractivity contribution < 1.29 is 4.42 Å². The highest BCUT2D eigenvalue weighted by molar-refractivity contribution is 5.93. The minimum absolute atomic E-state index is 0.0673. The van der Waals surface area contributed by atoms with Gasteiger partial charge < -0.3 is 4.42 Å². The molecule has 20 heavy (non-hydrogen) atoms. The molecule has 0 saturated carbocycles. The van der Waals surface area contributed by atoms with E-state index in [0.29, 0.717) is 22.0 Å². The molecule has 0 saturated heterocycles. The Hall–Kier alpha value is -2.95. The molecule has 4 aromatic rings. The van der Waals surface area contributed by atoms with Crippen LogP contribution in [0.15, 0.2) is 57.9 Å². The van der Waals surface area contributed by atoms with E-state index in [1.54, 1.807) is 12.1 Å². The number of para-hydroxylation sites is 1. The molecule has 0 aliphatic heterocycles. The van der Waals surface area contributed by atoms with Crippen LogP contribution < -0.4 is 5.43 Å². The molecule has 4 rings (SSSR count). The molecule has 96 valence electrons. The second-order valence-electron chi connectivity index (χ2n) is 4.49. The predicted molar refractivity (Wildman–Crippen MR) is 75.4 cm³/mol. The van der Waals surface area contributed by atoms with Crippen LogP contribution in [-0.2, 0) is 0 Å². The highest BCUT2D eigenvalue weighted by atomic mass is 16.3. The summed E-state index contributed by atoms with van der Waals surface area (Å²) >= 11 is 0. The second kappa shape index (κ2) is 4.03. The molecule has 5 nitrogen and oxygen atoms in total. The number of hydrogen-bond acceptors (Lipinski definition) is 4. The van der Waals surface area contributed by atoms with Gasteiger partial charge in [-0.05, 0) is 18.2 Å². The van der Waals surface area contributed by atoms with Crippen molar-refractivity contribution in [1.29, 1.82) is 0 Å². The minimum Gasteiger partial charge on any atom is -0.463 e. The van der Waals surface area contributed by atoms with Gasteiger partial charge in [0.2, 0.25) is 5.43 Å². The fraction of sp³-hybridized carbons (Fsp3) is 0. The lowest BCUT2D eigenvalue weighted by atomic mass is 10.0. The van der Waals surface area contributed by atoms with Gasteiger partial charge in [-0.25, -0.2) is 0 Å². The monoisotopic (exact) mass is 263 g/mol. The molecule has 2 heterocycles. The first-order chi connectivity index (χ1) is 9.84. The third kappa shape index (κ3) is 1.46. The Kier molecular flexibility index (Phi) is 2.20. The fourth-order valence-electron chi connectivity index (χ4n) is 2.35. The molecule has 2 aromatic heterocycles. The molecule has 0 fully saturated rings. The van der Waals surface area contributed by atoms with Crippen molar-refractivity contribution in [3.63, 3.8) is 0 Å². The van der Waals surface area contributed by atoms with E-state index >= 15 is 0 Å². The van der Waals surface area contributed by atoms with Gasteiger partial charge in [-0.15, -0.1) is 5.10 Å². The maximum atomic E-state index is 12.6. The summed E-state index contributed by atoms with van der Waals surface area (Å²) in [5, 5.41) is 11.2. The number of aromatic nitrogens is 3. The maximum Gasteiger partial charge on any atom is 0.200 e. The third-order valence-corrected chi connectivity index (χ3v) is 3.33. The van der Waals surface area contributed by atoms with Crippen molar-refractivity contribution in [2.45, 2.75) is 0 Å². The van der Waals surface area contributed by atoms with E-state index in [4.69, 9.17) is 4.42 Å². The Morgan fingerprint density at radius 1 is 1.00 bits per heavy atom. The van der Waals surface area contributed by atoms with Gasteiger partial charge in [0.1, 0.15) is 17.4 Å². The van der Waals surface area contributed by atoms with E-state index in [-0.39, 0.29) is 5.43 Å². The second-order valence-corrected chi connectivity index (χ2v) is 4.49. The van der Waals surface area contributed by atoms with Crippen LogP contribution in [0.5, 0.6) is 0 Å². The van der Waals surface area contributed by atoms with Crippen LogP contribution in [0.4, 0.5) is 0 Å². The Bertz CT molecular complexity index is 985. The van der Waals surface area contributed by atoms with E-state index in [2.05, 4.69) is 15.4 Å². The number of fused-ring (bicyclic) bond motifs is 2. The van der Waals surface area contributed by atoms with Crippen molar-refractivity contribution in [1.82, 2.24) is 15.4 Å². The number of rotatable bonds is 1. The zero-order valence-electron chi connectivity index (χ0n) is 10.3. The summed E-state index contributed by atoms with van der Waals surface area (Å²) in [5.74, 6) is 0. The van der Waals surface area contributed by atoms with Gasteiger partial charge in [-0.1, -0.05) is 29.5 Å².